The number of esters is 1. The van der Waals surface area contributed by atoms with E-state index in [-0.39, 0.29) is 16.4 Å². The largest absolute Gasteiger partial charge is 0.494 e. The van der Waals surface area contributed by atoms with Gasteiger partial charge in [-0.1, -0.05) is 37.6 Å². The van der Waals surface area contributed by atoms with E-state index in [0.717, 1.165) is 17.7 Å². The summed E-state index contributed by atoms with van der Waals surface area (Å²) in [5, 5.41) is 0.629. The molecule has 1 aromatic heterocycles. The summed E-state index contributed by atoms with van der Waals surface area (Å²) in [5.74, 6) is 1.09. The molecule has 0 unspecified atom stereocenters. The van der Waals surface area contributed by atoms with Gasteiger partial charge in [0, 0.05) is 0 Å². The van der Waals surface area contributed by atoms with Crippen LogP contribution in [-0.4, -0.2) is 29.7 Å². The maximum Gasteiger partial charge on any atom is 0.337 e. The van der Waals surface area contributed by atoms with Gasteiger partial charge in [-0.3, -0.25) is 4.79 Å². The molecule has 1 N–H and O–H groups in total. The summed E-state index contributed by atoms with van der Waals surface area (Å²) >= 11 is 6.41. The van der Waals surface area contributed by atoms with E-state index in [4.69, 9.17) is 21.1 Å². The third-order valence-electron chi connectivity index (χ3n) is 4.49. The minimum atomic E-state index is -0.502. The van der Waals surface area contributed by atoms with Crippen molar-refractivity contribution in [1.29, 1.82) is 0 Å². The van der Waals surface area contributed by atoms with Crippen LogP contribution in [0, 0.1) is 5.92 Å². The first-order valence-corrected chi connectivity index (χ1v) is 9.98. The monoisotopic (exact) mass is 426 g/mol. The summed E-state index contributed by atoms with van der Waals surface area (Å²) in [4.78, 5) is 31.2. The van der Waals surface area contributed by atoms with E-state index < -0.39 is 5.97 Å². The Morgan fingerprint density at radius 3 is 2.60 bits per heavy atom. The van der Waals surface area contributed by atoms with Gasteiger partial charge in [0.2, 0.25) is 0 Å². The highest BCUT2D eigenvalue weighted by Gasteiger charge is 2.11. The molecule has 6 nitrogen and oxygen atoms in total. The lowest BCUT2D eigenvalue weighted by molar-refractivity contribution is 0.0601. The molecule has 7 heteroatoms. The third kappa shape index (κ3) is 5.27. The van der Waals surface area contributed by atoms with Crippen molar-refractivity contribution in [3.8, 4) is 5.75 Å². The normalized spacial score (nSPS) is 11.7. The third-order valence-corrected chi connectivity index (χ3v) is 4.78. The van der Waals surface area contributed by atoms with Gasteiger partial charge in [0.25, 0.3) is 5.56 Å². The zero-order valence-corrected chi connectivity index (χ0v) is 17.8. The van der Waals surface area contributed by atoms with Crippen LogP contribution < -0.4 is 10.3 Å². The maximum atomic E-state index is 12.4. The summed E-state index contributed by atoms with van der Waals surface area (Å²) in [6.07, 6.45) is 2.69. The van der Waals surface area contributed by atoms with Crippen molar-refractivity contribution in [3.63, 3.8) is 0 Å². The molecule has 0 bridgehead atoms. The number of hydrogen-bond donors (Lipinski definition) is 1. The van der Waals surface area contributed by atoms with E-state index in [9.17, 15) is 9.59 Å². The predicted molar refractivity (Wildman–Crippen MR) is 119 cm³/mol. The zero-order chi connectivity index (χ0) is 21.7. The molecule has 0 spiro atoms. The second kappa shape index (κ2) is 9.59. The molecule has 0 saturated carbocycles. The van der Waals surface area contributed by atoms with Crippen molar-refractivity contribution in [2.75, 3.05) is 13.7 Å². The van der Waals surface area contributed by atoms with Gasteiger partial charge in [-0.15, -0.1) is 0 Å². The van der Waals surface area contributed by atoms with Crippen molar-refractivity contribution in [1.82, 2.24) is 9.97 Å². The van der Waals surface area contributed by atoms with Crippen molar-refractivity contribution in [3.05, 3.63) is 69.8 Å². The smallest absolute Gasteiger partial charge is 0.337 e. The van der Waals surface area contributed by atoms with Gasteiger partial charge in [0.05, 0.1) is 35.2 Å². The Morgan fingerprint density at radius 1 is 1.20 bits per heavy atom. The fourth-order valence-electron chi connectivity index (χ4n) is 2.78. The van der Waals surface area contributed by atoms with Crippen LogP contribution in [0.3, 0.4) is 0 Å². The van der Waals surface area contributed by atoms with E-state index in [1.54, 1.807) is 6.08 Å². The van der Waals surface area contributed by atoms with Crippen LogP contribution in [0.5, 0.6) is 5.75 Å². The second-order valence-corrected chi connectivity index (χ2v) is 7.64. The Kier molecular flexibility index (Phi) is 6.90. The molecule has 2 aromatic carbocycles. The summed E-state index contributed by atoms with van der Waals surface area (Å²) in [7, 11) is 1.30. The van der Waals surface area contributed by atoms with Crippen molar-refractivity contribution < 1.29 is 14.3 Å². The fraction of sp³-hybridized carbons (Fsp3) is 0.261. The lowest BCUT2D eigenvalue weighted by Crippen LogP contribution is -2.11. The molecule has 3 rings (SSSR count). The molecule has 0 atom stereocenters. The van der Waals surface area contributed by atoms with Gasteiger partial charge in [0.15, 0.2) is 5.82 Å². The number of rotatable bonds is 7. The Bertz CT molecular complexity index is 1130. The van der Waals surface area contributed by atoms with E-state index >= 15 is 0 Å². The van der Waals surface area contributed by atoms with Crippen LogP contribution in [0.2, 0.25) is 0 Å². The van der Waals surface area contributed by atoms with Crippen LogP contribution in [0.1, 0.15) is 42.0 Å². The topological polar surface area (TPSA) is 81.3 Å². The highest BCUT2D eigenvalue weighted by Crippen LogP contribution is 2.22. The van der Waals surface area contributed by atoms with Crippen LogP contribution in [0.25, 0.3) is 22.0 Å². The molecule has 0 aliphatic heterocycles. The first kappa shape index (κ1) is 21.6. The van der Waals surface area contributed by atoms with Crippen molar-refractivity contribution >= 4 is 39.6 Å². The molecule has 30 heavy (non-hydrogen) atoms. The fourth-order valence-corrected chi connectivity index (χ4v) is 3.00. The first-order chi connectivity index (χ1) is 14.4. The quantitative estimate of drug-likeness (QED) is 0.545. The van der Waals surface area contributed by atoms with Gasteiger partial charge < -0.3 is 14.5 Å². The molecule has 0 radical (unpaired) electrons. The number of aromatic nitrogens is 2. The second-order valence-electron chi connectivity index (χ2n) is 7.23. The Labute approximate surface area is 179 Å². The number of ether oxygens (including phenoxy) is 2. The highest BCUT2D eigenvalue weighted by molar-refractivity contribution is 6.50. The van der Waals surface area contributed by atoms with Crippen molar-refractivity contribution in [2.45, 2.75) is 20.3 Å². The number of benzene rings is 2. The molecule has 0 aliphatic carbocycles. The summed E-state index contributed by atoms with van der Waals surface area (Å²) in [6, 6.07) is 12.1. The van der Waals surface area contributed by atoms with E-state index in [1.165, 1.54) is 25.3 Å². The molecule has 156 valence electrons. The number of carbonyl (C=O) groups is 1. The van der Waals surface area contributed by atoms with Crippen LogP contribution >= 0.6 is 11.6 Å². The number of carbonyl (C=O) groups excluding carboxylic acids is 1. The minimum absolute atomic E-state index is 0.216. The van der Waals surface area contributed by atoms with Gasteiger partial charge >= 0.3 is 5.97 Å². The highest BCUT2D eigenvalue weighted by atomic mass is 35.5. The van der Waals surface area contributed by atoms with Gasteiger partial charge in [-0.25, -0.2) is 9.78 Å². The standard InChI is InChI=1S/C23H23ClN2O4/c1-14(2)10-11-30-17-7-4-15(5-8-17)12-19(24)21-25-20-13-16(23(28)29-3)6-9-18(20)22(27)26-21/h4-9,12-14H,10-11H2,1-3H3,(H,25,26,27)/b19-12-. The summed E-state index contributed by atoms with van der Waals surface area (Å²) < 4.78 is 10.4. The average Bonchev–Trinajstić information content (AvgIpc) is 2.73. The minimum Gasteiger partial charge on any atom is -0.494 e. The van der Waals surface area contributed by atoms with E-state index in [2.05, 4.69) is 23.8 Å². The number of H-pyrrole nitrogens is 1. The van der Waals surface area contributed by atoms with Crippen molar-refractivity contribution in [2.24, 2.45) is 5.92 Å². The molecule has 3 aromatic rings. The summed E-state index contributed by atoms with van der Waals surface area (Å²) in [6.45, 7) is 4.98. The summed E-state index contributed by atoms with van der Waals surface area (Å²) in [5.41, 5.74) is 1.16. The van der Waals surface area contributed by atoms with Gasteiger partial charge in [-0.05, 0) is 54.3 Å². The lowest BCUT2D eigenvalue weighted by atomic mass is 10.1. The number of nitrogens with one attached hydrogen (secondary N) is 1. The first-order valence-electron chi connectivity index (χ1n) is 9.60. The Hall–Kier alpha value is -3.12. The molecule has 0 aliphatic rings. The van der Waals surface area contributed by atoms with Crippen LogP contribution in [0.15, 0.2) is 47.3 Å². The number of aromatic amines is 1. The number of fused-ring (bicyclic) bond motifs is 1. The number of hydrogen-bond acceptors (Lipinski definition) is 5. The number of nitrogens with zero attached hydrogens (tertiary/aromatic N) is 1. The molecular weight excluding hydrogens is 404 g/mol. The lowest BCUT2D eigenvalue weighted by Gasteiger charge is -2.08. The molecular formula is C23H23ClN2O4. The zero-order valence-electron chi connectivity index (χ0n) is 17.1. The van der Waals surface area contributed by atoms with Crippen LogP contribution in [0.4, 0.5) is 0 Å². The number of halogens is 1. The molecule has 0 fully saturated rings. The van der Waals surface area contributed by atoms with E-state index in [0.29, 0.717) is 29.0 Å². The SMILES string of the molecule is COC(=O)c1ccc2c(=O)[nH]c(/C(Cl)=C/c3ccc(OCCC(C)C)cc3)nc2c1. The predicted octanol–water partition coefficient (Wildman–Crippen LogP) is 4.87. The Balaban J connectivity index is 1.84. The van der Waals surface area contributed by atoms with E-state index in [1.807, 2.05) is 24.3 Å². The van der Waals surface area contributed by atoms with Gasteiger partial charge in [0.1, 0.15) is 5.75 Å². The van der Waals surface area contributed by atoms with Crippen LogP contribution in [-0.2, 0) is 4.74 Å². The number of methoxy groups -OCH3 is 1. The maximum absolute atomic E-state index is 12.4. The molecule has 1 heterocycles. The molecule has 0 amide bonds. The average molecular weight is 427 g/mol. The van der Waals surface area contributed by atoms with Gasteiger partial charge in [-0.2, -0.15) is 0 Å². The Morgan fingerprint density at radius 2 is 1.93 bits per heavy atom. The molecule has 0 saturated heterocycles.